The Hall–Kier alpha value is -1.34. The highest BCUT2D eigenvalue weighted by Gasteiger charge is 2.40. The topological polar surface area (TPSA) is 71.7 Å². The molecule has 1 fully saturated rings. The number of carbonyl (C=O) groups is 1. The van der Waals surface area contributed by atoms with E-state index in [1.54, 1.807) is 0 Å². The van der Waals surface area contributed by atoms with E-state index >= 15 is 0 Å². The van der Waals surface area contributed by atoms with Gasteiger partial charge in [-0.1, -0.05) is 0 Å². The van der Waals surface area contributed by atoms with Gasteiger partial charge in [-0.2, -0.15) is 4.37 Å². The lowest BCUT2D eigenvalue weighted by Crippen LogP contribution is -2.56. The molecule has 1 heterocycles. The second-order valence-electron chi connectivity index (χ2n) is 5.57. The van der Waals surface area contributed by atoms with Gasteiger partial charge in [0, 0.05) is 19.1 Å². The van der Waals surface area contributed by atoms with Crippen LogP contribution in [0.5, 0.6) is 0 Å². The minimum atomic E-state index is -0.425. The number of nitrogens with zero attached hydrogens (tertiary/aromatic N) is 3. The summed E-state index contributed by atoms with van der Waals surface area (Å²) in [4.78, 5) is 16.2. The van der Waals surface area contributed by atoms with Crippen LogP contribution in [0.1, 0.15) is 29.6 Å². The van der Waals surface area contributed by atoms with E-state index in [4.69, 9.17) is 10.5 Å². The normalized spacial score (nSPS) is 16.9. The number of likely N-dealkylation sites (N-methyl/N-ethyl adjacent to an activating group) is 2. The summed E-state index contributed by atoms with van der Waals surface area (Å²) in [5, 5.41) is 0.780. The Morgan fingerprint density at radius 1 is 1.45 bits per heavy atom. The van der Waals surface area contributed by atoms with Crippen molar-refractivity contribution in [1.82, 2.24) is 9.27 Å². The molecule has 112 valence electrons. The monoisotopic (exact) mass is 298 g/mol. The van der Waals surface area contributed by atoms with Crippen molar-refractivity contribution in [2.45, 2.75) is 24.8 Å². The molecule has 7 heteroatoms. The molecule has 20 heavy (non-hydrogen) atoms. The quantitative estimate of drug-likeness (QED) is 0.829. The molecule has 0 aliphatic heterocycles. The molecular formula is C13H22N4O2S. The van der Waals surface area contributed by atoms with E-state index in [2.05, 4.69) is 28.3 Å². The molecule has 0 atom stereocenters. The third-order valence-electron chi connectivity index (χ3n) is 4.20. The molecule has 1 aromatic heterocycles. The van der Waals surface area contributed by atoms with E-state index in [0.29, 0.717) is 5.56 Å². The van der Waals surface area contributed by atoms with Crippen molar-refractivity contribution in [1.29, 1.82) is 0 Å². The molecular weight excluding hydrogens is 276 g/mol. The number of ether oxygens (including phenoxy) is 1. The first-order valence-corrected chi connectivity index (χ1v) is 7.40. The van der Waals surface area contributed by atoms with Gasteiger partial charge in [0.15, 0.2) is 5.82 Å². The molecule has 0 unspecified atom stereocenters. The van der Waals surface area contributed by atoms with E-state index in [0.717, 1.165) is 11.5 Å². The number of esters is 1. The lowest BCUT2D eigenvalue weighted by atomic mass is 9.75. The third-order valence-corrected chi connectivity index (χ3v) is 5.18. The number of carbonyl (C=O) groups excluding carboxylic acids is 1. The Labute approximate surface area is 123 Å². The predicted octanol–water partition coefficient (Wildman–Crippen LogP) is 1.43. The van der Waals surface area contributed by atoms with E-state index in [-0.39, 0.29) is 11.4 Å². The Morgan fingerprint density at radius 2 is 2.10 bits per heavy atom. The largest absolute Gasteiger partial charge is 0.465 e. The van der Waals surface area contributed by atoms with Crippen LogP contribution in [0.4, 0.5) is 10.8 Å². The standard InChI is InChI=1S/C13H22N4O2S/c1-16(2)13(6-5-7-13)8-17(3)11-9(12(18)19-4)10(14)15-20-11/h5-8H2,1-4H3,(H2,14,15). The fourth-order valence-electron chi connectivity index (χ4n) is 2.69. The Morgan fingerprint density at radius 3 is 2.55 bits per heavy atom. The maximum Gasteiger partial charge on any atom is 0.344 e. The number of anilines is 2. The summed E-state index contributed by atoms with van der Waals surface area (Å²) in [7, 11) is 7.55. The van der Waals surface area contributed by atoms with Crippen molar-refractivity contribution in [3.8, 4) is 0 Å². The van der Waals surface area contributed by atoms with E-state index in [1.165, 1.54) is 37.9 Å². The van der Waals surface area contributed by atoms with Crippen molar-refractivity contribution >= 4 is 28.3 Å². The second-order valence-corrected chi connectivity index (χ2v) is 6.32. The van der Waals surface area contributed by atoms with Crippen molar-refractivity contribution < 1.29 is 9.53 Å². The number of methoxy groups -OCH3 is 1. The average molecular weight is 298 g/mol. The van der Waals surface area contributed by atoms with Crippen LogP contribution in [0, 0.1) is 0 Å². The number of aromatic nitrogens is 1. The van der Waals surface area contributed by atoms with Crippen LogP contribution >= 0.6 is 11.5 Å². The number of nitrogen functional groups attached to an aromatic ring is 1. The first kappa shape index (κ1) is 15.1. The van der Waals surface area contributed by atoms with Gasteiger partial charge in [0.05, 0.1) is 7.11 Å². The SMILES string of the molecule is COC(=O)c1c(N)nsc1N(C)CC1(N(C)C)CCC1. The fraction of sp³-hybridized carbons (Fsp3) is 0.692. The molecule has 1 aliphatic carbocycles. The highest BCUT2D eigenvalue weighted by Crippen LogP contribution is 2.39. The van der Waals surface area contributed by atoms with Crippen LogP contribution in [-0.4, -0.2) is 55.6 Å². The van der Waals surface area contributed by atoms with Crippen LogP contribution in [0.25, 0.3) is 0 Å². The Kier molecular flexibility index (Phi) is 4.19. The van der Waals surface area contributed by atoms with Crippen molar-refractivity contribution in [2.24, 2.45) is 0 Å². The molecule has 1 saturated carbocycles. The molecule has 6 nitrogen and oxygen atoms in total. The second kappa shape index (κ2) is 5.57. The lowest BCUT2D eigenvalue weighted by Gasteiger charge is -2.49. The van der Waals surface area contributed by atoms with Crippen LogP contribution in [-0.2, 0) is 4.74 Å². The number of hydrogen-bond acceptors (Lipinski definition) is 7. The molecule has 2 N–H and O–H groups in total. The molecule has 0 amide bonds. The number of nitrogens with two attached hydrogens (primary N) is 1. The van der Waals surface area contributed by atoms with Gasteiger partial charge in [-0.05, 0) is 44.9 Å². The summed E-state index contributed by atoms with van der Waals surface area (Å²) < 4.78 is 8.88. The fourth-order valence-corrected chi connectivity index (χ4v) is 3.45. The molecule has 0 radical (unpaired) electrons. The highest BCUT2D eigenvalue weighted by molar-refractivity contribution is 7.11. The van der Waals surface area contributed by atoms with Crippen molar-refractivity contribution in [3.05, 3.63) is 5.56 Å². The highest BCUT2D eigenvalue weighted by atomic mass is 32.1. The van der Waals surface area contributed by atoms with Gasteiger partial charge in [0.25, 0.3) is 0 Å². The van der Waals surface area contributed by atoms with Gasteiger partial charge in [0.1, 0.15) is 10.6 Å². The molecule has 0 spiro atoms. The summed E-state index contributed by atoms with van der Waals surface area (Å²) in [5.74, 6) is -0.179. The van der Waals surface area contributed by atoms with Gasteiger partial charge in [0.2, 0.25) is 0 Å². The molecule has 0 aromatic carbocycles. The smallest absolute Gasteiger partial charge is 0.344 e. The molecule has 1 aromatic rings. The summed E-state index contributed by atoms with van der Waals surface area (Å²) in [6, 6.07) is 0. The van der Waals surface area contributed by atoms with Crippen molar-refractivity contribution in [2.75, 3.05) is 45.4 Å². The molecule has 2 rings (SSSR count). The minimum absolute atomic E-state index is 0.181. The van der Waals surface area contributed by atoms with E-state index in [1.807, 2.05) is 7.05 Å². The van der Waals surface area contributed by atoms with Crippen LogP contribution in [0.3, 0.4) is 0 Å². The summed E-state index contributed by atoms with van der Waals surface area (Å²) >= 11 is 1.25. The predicted molar refractivity (Wildman–Crippen MR) is 81.4 cm³/mol. The zero-order valence-corrected chi connectivity index (χ0v) is 13.3. The summed E-state index contributed by atoms with van der Waals surface area (Å²) in [6.45, 7) is 0.853. The third kappa shape index (κ3) is 2.47. The number of hydrogen-bond donors (Lipinski definition) is 1. The zero-order valence-electron chi connectivity index (χ0n) is 12.5. The first-order chi connectivity index (χ1) is 9.41. The summed E-state index contributed by atoms with van der Waals surface area (Å²) in [5.41, 5.74) is 6.35. The van der Waals surface area contributed by atoms with Gasteiger partial charge in [-0.15, -0.1) is 0 Å². The van der Waals surface area contributed by atoms with Crippen LogP contribution < -0.4 is 10.6 Å². The molecule has 0 bridgehead atoms. The van der Waals surface area contributed by atoms with E-state index in [9.17, 15) is 4.79 Å². The Balaban J connectivity index is 2.21. The molecule has 0 saturated heterocycles. The maximum absolute atomic E-state index is 11.8. The average Bonchev–Trinajstić information content (AvgIpc) is 2.74. The molecule has 1 aliphatic rings. The maximum atomic E-state index is 11.8. The first-order valence-electron chi connectivity index (χ1n) is 6.63. The van der Waals surface area contributed by atoms with Gasteiger partial charge in [-0.25, -0.2) is 4.79 Å². The lowest BCUT2D eigenvalue weighted by molar-refractivity contribution is 0.0599. The van der Waals surface area contributed by atoms with Gasteiger partial charge in [-0.3, -0.25) is 0 Å². The Bertz CT molecular complexity index is 497. The minimum Gasteiger partial charge on any atom is -0.465 e. The van der Waals surface area contributed by atoms with Crippen LogP contribution in [0.15, 0.2) is 0 Å². The van der Waals surface area contributed by atoms with Crippen molar-refractivity contribution in [3.63, 3.8) is 0 Å². The van der Waals surface area contributed by atoms with Gasteiger partial charge < -0.3 is 20.3 Å². The summed E-state index contributed by atoms with van der Waals surface area (Å²) in [6.07, 6.45) is 3.60. The van der Waals surface area contributed by atoms with Crippen LogP contribution in [0.2, 0.25) is 0 Å². The van der Waals surface area contributed by atoms with Gasteiger partial charge >= 0.3 is 5.97 Å². The number of rotatable bonds is 5. The van der Waals surface area contributed by atoms with E-state index < -0.39 is 5.97 Å². The zero-order chi connectivity index (χ0) is 14.9.